The lowest BCUT2D eigenvalue weighted by Crippen LogP contribution is -2.36. The second-order valence-corrected chi connectivity index (χ2v) is 3.71. The molecule has 0 bridgehead atoms. The topological polar surface area (TPSA) is 32.3 Å². The Kier molecular flexibility index (Phi) is 2.68. The number of alkyl halides is 1. The molecule has 2 nitrogen and oxygen atoms in total. The number of phenols is 1. The van der Waals surface area contributed by atoms with Gasteiger partial charge in [-0.15, -0.1) is 0 Å². The summed E-state index contributed by atoms with van der Waals surface area (Å²) in [6.45, 7) is 1.30. The number of benzene rings is 1. The molecule has 1 heterocycles. The van der Waals surface area contributed by atoms with Crippen LogP contribution in [-0.4, -0.2) is 24.4 Å². The Morgan fingerprint density at radius 2 is 2.00 bits per heavy atom. The fraction of sp³-hybridized carbons (Fsp3) is 0.455. The van der Waals surface area contributed by atoms with Crippen molar-refractivity contribution in [2.75, 3.05) is 13.1 Å². The predicted molar refractivity (Wildman–Crippen MR) is 53.2 cm³/mol. The summed E-state index contributed by atoms with van der Waals surface area (Å²) in [6.07, 6.45) is 0.0136. The molecule has 0 amide bonds. The van der Waals surface area contributed by atoms with Gasteiger partial charge >= 0.3 is 0 Å². The number of rotatable bonds is 1. The van der Waals surface area contributed by atoms with E-state index in [1.165, 1.54) is 0 Å². The predicted octanol–water partition coefficient (Wildman–Crippen LogP) is 1.81. The molecule has 0 spiro atoms. The molecule has 1 aromatic rings. The Bertz CT molecular complexity index is 299. The molecule has 1 saturated heterocycles. The molecule has 1 unspecified atom stereocenters. The molecule has 2 rings (SSSR count). The summed E-state index contributed by atoms with van der Waals surface area (Å²) in [5, 5.41) is 12.1. The summed E-state index contributed by atoms with van der Waals surface area (Å²) in [4.78, 5) is 0. The zero-order valence-corrected chi connectivity index (χ0v) is 7.91. The van der Waals surface area contributed by atoms with Crippen LogP contribution in [0.25, 0.3) is 0 Å². The minimum Gasteiger partial charge on any atom is -0.508 e. The molecule has 76 valence electrons. The summed E-state index contributed by atoms with van der Waals surface area (Å²) in [6, 6.07) is 6.84. The number of halogens is 1. The second kappa shape index (κ2) is 3.96. The summed E-state index contributed by atoms with van der Waals surface area (Å²) in [7, 11) is 0. The zero-order chi connectivity index (χ0) is 9.97. The monoisotopic (exact) mass is 195 g/mol. The first-order valence-electron chi connectivity index (χ1n) is 4.91. The maximum atomic E-state index is 13.5. The first-order valence-corrected chi connectivity index (χ1v) is 4.91. The molecule has 1 fully saturated rings. The maximum absolute atomic E-state index is 13.5. The number of nitrogens with one attached hydrogen (secondary N) is 1. The molecule has 2 N–H and O–H groups in total. The fourth-order valence-electron chi connectivity index (χ4n) is 1.92. The van der Waals surface area contributed by atoms with Crippen molar-refractivity contribution in [2.24, 2.45) is 0 Å². The Hall–Kier alpha value is -1.09. The second-order valence-electron chi connectivity index (χ2n) is 3.71. The van der Waals surface area contributed by atoms with Crippen LogP contribution in [0.3, 0.4) is 0 Å². The molecule has 2 atom stereocenters. The molecule has 0 saturated carbocycles. The van der Waals surface area contributed by atoms with Crippen molar-refractivity contribution in [1.29, 1.82) is 0 Å². The van der Waals surface area contributed by atoms with Gasteiger partial charge in [-0.2, -0.15) is 0 Å². The number of hydrogen-bond acceptors (Lipinski definition) is 2. The van der Waals surface area contributed by atoms with E-state index in [1.54, 1.807) is 24.3 Å². The van der Waals surface area contributed by atoms with Crippen molar-refractivity contribution >= 4 is 0 Å². The number of piperidine rings is 1. The fourth-order valence-corrected chi connectivity index (χ4v) is 1.92. The van der Waals surface area contributed by atoms with Crippen LogP contribution >= 0.6 is 0 Å². The largest absolute Gasteiger partial charge is 0.508 e. The third-order valence-electron chi connectivity index (χ3n) is 2.73. The number of hydrogen-bond donors (Lipinski definition) is 2. The first-order chi connectivity index (χ1) is 6.77. The molecule has 1 aliphatic heterocycles. The van der Waals surface area contributed by atoms with Crippen LogP contribution in [0.1, 0.15) is 17.9 Å². The smallest absolute Gasteiger partial charge is 0.119 e. The van der Waals surface area contributed by atoms with Crippen molar-refractivity contribution < 1.29 is 9.50 Å². The van der Waals surface area contributed by atoms with Gasteiger partial charge in [-0.25, -0.2) is 4.39 Å². The molecular formula is C11H14FNO. The molecule has 1 aromatic carbocycles. The third-order valence-corrected chi connectivity index (χ3v) is 2.73. The highest BCUT2D eigenvalue weighted by molar-refractivity contribution is 5.29. The standard InChI is InChI=1S/C11H14FNO/c12-11-7-13-6-5-10(11)8-1-3-9(14)4-2-8/h1-4,10-11,13-14H,5-7H2/t10?,11-/m1/s1. The van der Waals surface area contributed by atoms with Gasteiger partial charge in [-0.1, -0.05) is 12.1 Å². The van der Waals surface area contributed by atoms with Crippen LogP contribution in [0, 0.1) is 0 Å². The Balaban J connectivity index is 2.16. The lowest BCUT2D eigenvalue weighted by atomic mass is 9.89. The molecule has 0 aromatic heterocycles. The van der Waals surface area contributed by atoms with Crippen LogP contribution in [0.2, 0.25) is 0 Å². The number of aromatic hydroxyl groups is 1. The van der Waals surface area contributed by atoms with Crippen LogP contribution in [0.15, 0.2) is 24.3 Å². The zero-order valence-electron chi connectivity index (χ0n) is 7.91. The molecular weight excluding hydrogens is 181 g/mol. The van der Waals surface area contributed by atoms with E-state index >= 15 is 0 Å². The quantitative estimate of drug-likeness (QED) is 0.716. The molecule has 14 heavy (non-hydrogen) atoms. The van der Waals surface area contributed by atoms with Gasteiger partial charge < -0.3 is 10.4 Å². The van der Waals surface area contributed by atoms with Crippen molar-refractivity contribution in [3.8, 4) is 5.75 Å². The Morgan fingerprint density at radius 3 is 2.64 bits per heavy atom. The van der Waals surface area contributed by atoms with E-state index in [1.807, 2.05) is 0 Å². The molecule has 1 aliphatic rings. The van der Waals surface area contributed by atoms with Crippen LogP contribution in [0.4, 0.5) is 4.39 Å². The van der Waals surface area contributed by atoms with Crippen LogP contribution in [-0.2, 0) is 0 Å². The molecule has 0 radical (unpaired) electrons. The van der Waals surface area contributed by atoms with Gasteiger partial charge in [0.05, 0.1) is 0 Å². The van der Waals surface area contributed by atoms with E-state index < -0.39 is 6.17 Å². The van der Waals surface area contributed by atoms with Crippen molar-refractivity contribution in [3.63, 3.8) is 0 Å². The van der Waals surface area contributed by atoms with Crippen molar-refractivity contribution in [2.45, 2.75) is 18.5 Å². The van der Waals surface area contributed by atoms with Crippen molar-refractivity contribution in [3.05, 3.63) is 29.8 Å². The average molecular weight is 195 g/mol. The summed E-state index contributed by atoms with van der Waals surface area (Å²) in [5.41, 5.74) is 0.983. The van der Waals surface area contributed by atoms with E-state index in [0.717, 1.165) is 18.5 Å². The van der Waals surface area contributed by atoms with Gasteiger partial charge in [0.25, 0.3) is 0 Å². The van der Waals surface area contributed by atoms with Gasteiger partial charge in [0, 0.05) is 12.5 Å². The first kappa shape index (κ1) is 9.46. The normalized spacial score (nSPS) is 27.5. The lowest BCUT2D eigenvalue weighted by Gasteiger charge is -2.26. The van der Waals surface area contributed by atoms with Gasteiger partial charge in [0.15, 0.2) is 0 Å². The van der Waals surface area contributed by atoms with Crippen molar-refractivity contribution in [1.82, 2.24) is 5.32 Å². The summed E-state index contributed by atoms with van der Waals surface area (Å²) < 4.78 is 13.5. The van der Waals surface area contributed by atoms with E-state index in [-0.39, 0.29) is 11.7 Å². The maximum Gasteiger partial charge on any atom is 0.119 e. The third kappa shape index (κ3) is 1.87. The lowest BCUT2D eigenvalue weighted by molar-refractivity contribution is 0.231. The van der Waals surface area contributed by atoms with Gasteiger partial charge in [0.1, 0.15) is 11.9 Å². The minimum atomic E-state index is -0.812. The highest BCUT2D eigenvalue weighted by Gasteiger charge is 2.25. The van der Waals surface area contributed by atoms with Crippen LogP contribution in [0.5, 0.6) is 5.75 Å². The average Bonchev–Trinajstić information content (AvgIpc) is 2.20. The van der Waals surface area contributed by atoms with Gasteiger partial charge in [-0.3, -0.25) is 0 Å². The van der Waals surface area contributed by atoms with Gasteiger partial charge in [-0.05, 0) is 30.7 Å². The van der Waals surface area contributed by atoms with E-state index in [4.69, 9.17) is 5.11 Å². The van der Waals surface area contributed by atoms with Gasteiger partial charge in [0.2, 0.25) is 0 Å². The molecule has 3 heteroatoms. The summed E-state index contributed by atoms with van der Waals surface area (Å²) in [5.74, 6) is 0.218. The highest BCUT2D eigenvalue weighted by Crippen LogP contribution is 2.28. The Labute approximate surface area is 82.8 Å². The highest BCUT2D eigenvalue weighted by atomic mass is 19.1. The van der Waals surface area contributed by atoms with Crippen LogP contribution < -0.4 is 5.32 Å². The van der Waals surface area contributed by atoms with E-state index in [0.29, 0.717) is 6.54 Å². The Morgan fingerprint density at radius 1 is 1.29 bits per heavy atom. The SMILES string of the molecule is Oc1ccc(C2CCNC[C@H]2F)cc1. The minimum absolute atomic E-state index is 0.0168. The van der Waals surface area contributed by atoms with E-state index in [9.17, 15) is 4.39 Å². The molecule has 0 aliphatic carbocycles. The number of phenolic OH excluding ortho intramolecular Hbond substituents is 1. The van der Waals surface area contributed by atoms with E-state index in [2.05, 4.69) is 5.32 Å². The summed E-state index contributed by atoms with van der Waals surface area (Å²) >= 11 is 0.